The second-order valence-electron chi connectivity index (χ2n) is 4.03. The van der Waals surface area contributed by atoms with Crippen LogP contribution in [0.25, 0.3) is 0 Å². The maximum Gasteiger partial charge on any atom is 0.326 e. The molecule has 0 spiro atoms. The summed E-state index contributed by atoms with van der Waals surface area (Å²) in [6.45, 7) is 0.0527. The van der Waals surface area contributed by atoms with E-state index in [1.54, 1.807) is 0 Å². The third kappa shape index (κ3) is 2.97. The van der Waals surface area contributed by atoms with E-state index in [1.165, 1.54) is 18.2 Å². The van der Waals surface area contributed by atoms with Crippen molar-refractivity contribution in [2.24, 2.45) is 0 Å². The van der Waals surface area contributed by atoms with Crippen LogP contribution in [0.5, 0.6) is 11.5 Å². The number of rotatable bonds is 5. The van der Waals surface area contributed by atoms with E-state index < -0.39 is 30.3 Å². The van der Waals surface area contributed by atoms with Gasteiger partial charge in [0.05, 0.1) is 6.42 Å². The second kappa shape index (κ2) is 5.47. The van der Waals surface area contributed by atoms with Crippen molar-refractivity contribution in [3.63, 3.8) is 0 Å². The van der Waals surface area contributed by atoms with E-state index in [1.807, 2.05) is 0 Å². The molecule has 1 aromatic carbocycles. The second-order valence-corrected chi connectivity index (χ2v) is 4.03. The summed E-state index contributed by atoms with van der Waals surface area (Å²) in [4.78, 5) is 33.3. The topological polar surface area (TPSA) is 122 Å². The number of fused-ring (bicyclic) bond motifs is 1. The molecule has 0 unspecified atom stereocenters. The van der Waals surface area contributed by atoms with Gasteiger partial charge in [-0.15, -0.1) is 0 Å². The lowest BCUT2D eigenvalue weighted by molar-refractivity contribution is -0.145. The molecule has 1 heterocycles. The van der Waals surface area contributed by atoms with Crippen LogP contribution in [0.1, 0.15) is 16.8 Å². The molecule has 0 saturated heterocycles. The van der Waals surface area contributed by atoms with Gasteiger partial charge in [-0.25, -0.2) is 4.79 Å². The standard InChI is InChI=1S/C12H11NO7/c14-10(15)4-7(12(17)18)13-11(16)6-1-2-8-9(3-6)20-5-19-8/h1-3,7H,4-5H2,(H,13,16)(H,14,15)(H,17,18)/t7-/m1/s1. The molecule has 0 fully saturated rings. The molecule has 8 nitrogen and oxygen atoms in total. The number of carbonyl (C=O) groups excluding carboxylic acids is 1. The highest BCUT2D eigenvalue weighted by Crippen LogP contribution is 2.32. The molecule has 0 radical (unpaired) electrons. The Labute approximate surface area is 112 Å². The molecule has 1 aliphatic rings. The number of carboxylic acid groups (broad SMARTS) is 2. The van der Waals surface area contributed by atoms with Gasteiger partial charge in [-0.1, -0.05) is 0 Å². The van der Waals surface area contributed by atoms with Gasteiger partial charge in [-0.3, -0.25) is 9.59 Å². The molecule has 0 saturated carbocycles. The van der Waals surface area contributed by atoms with Crippen LogP contribution in [0, 0.1) is 0 Å². The molecule has 3 N–H and O–H groups in total. The largest absolute Gasteiger partial charge is 0.481 e. The van der Waals surface area contributed by atoms with Gasteiger partial charge in [0.15, 0.2) is 11.5 Å². The van der Waals surface area contributed by atoms with Gasteiger partial charge in [0, 0.05) is 5.56 Å². The summed E-state index contributed by atoms with van der Waals surface area (Å²) in [5, 5.41) is 19.6. The average Bonchev–Trinajstić information content (AvgIpc) is 2.84. The highest BCUT2D eigenvalue weighted by atomic mass is 16.7. The van der Waals surface area contributed by atoms with E-state index >= 15 is 0 Å². The van der Waals surface area contributed by atoms with E-state index in [0.717, 1.165) is 0 Å². The zero-order valence-electron chi connectivity index (χ0n) is 10.2. The first-order valence-corrected chi connectivity index (χ1v) is 5.62. The van der Waals surface area contributed by atoms with Crippen LogP contribution < -0.4 is 14.8 Å². The van der Waals surface area contributed by atoms with E-state index in [0.29, 0.717) is 11.5 Å². The van der Waals surface area contributed by atoms with Gasteiger partial charge in [0.2, 0.25) is 6.79 Å². The number of amides is 1. The molecule has 1 atom stereocenters. The van der Waals surface area contributed by atoms with Crippen LogP contribution >= 0.6 is 0 Å². The number of hydrogen-bond donors (Lipinski definition) is 3. The monoisotopic (exact) mass is 281 g/mol. The molecule has 1 amide bonds. The van der Waals surface area contributed by atoms with Crippen molar-refractivity contribution >= 4 is 17.8 Å². The van der Waals surface area contributed by atoms with Crippen LogP contribution in [0.3, 0.4) is 0 Å². The molecule has 8 heteroatoms. The predicted molar refractivity (Wildman–Crippen MR) is 63.7 cm³/mol. The van der Waals surface area contributed by atoms with Crippen molar-refractivity contribution in [1.82, 2.24) is 5.32 Å². The molecule has 0 aromatic heterocycles. The van der Waals surface area contributed by atoms with Crippen LogP contribution in [0.15, 0.2) is 18.2 Å². The van der Waals surface area contributed by atoms with Crippen LogP contribution in [0.2, 0.25) is 0 Å². The maximum atomic E-state index is 11.9. The fourth-order valence-corrected chi connectivity index (χ4v) is 1.65. The van der Waals surface area contributed by atoms with E-state index in [-0.39, 0.29) is 12.4 Å². The average molecular weight is 281 g/mol. The third-order valence-electron chi connectivity index (χ3n) is 2.62. The fraction of sp³-hybridized carbons (Fsp3) is 0.250. The molecule has 0 bridgehead atoms. The van der Waals surface area contributed by atoms with Gasteiger partial charge >= 0.3 is 11.9 Å². The number of nitrogens with one attached hydrogen (secondary N) is 1. The van der Waals surface area contributed by atoms with Crippen LogP contribution in [0.4, 0.5) is 0 Å². The van der Waals surface area contributed by atoms with E-state index in [4.69, 9.17) is 19.7 Å². The summed E-state index contributed by atoms with van der Waals surface area (Å²) in [6.07, 6.45) is -0.703. The fourth-order valence-electron chi connectivity index (χ4n) is 1.65. The number of ether oxygens (including phenoxy) is 2. The Morgan fingerprint density at radius 3 is 2.55 bits per heavy atom. The zero-order valence-corrected chi connectivity index (χ0v) is 10.2. The Balaban J connectivity index is 2.10. The lowest BCUT2D eigenvalue weighted by atomic mass is 10.1. The molecular weight excluding hydrogens is 270 g/mol. The van der Waals surface area contributed by atoms with Gasteiger partial charge in [-0.2, -0.15) is 0 Å². The first-order valence-electron chi connectivity index (χ1n) is 5.62. The minimum atomic E-state index is -1.49. The predicted octanol–water partition coefficient (Wildman–Crippen LogP) is 0.0730. The number of hydrogen-bond acceptors (Lipinski definition) is 5. The molecular formula is C12H11NO7. The molecule has 1 aromatic rings. The molecule has 106 valence electrons. The Morgan fingerprint density at radius 2 is 1.90 bits per heavy atom. The van der Waals surface area contributed by atoms with Gasteiger partial charge < -0.3 is 25.0 Å². The summed E-state index contributed by atoms with van der Waals surface area (Å²) in [5.41, 5.74) is 0.158. The summed E-state index contributed by atoms with van der Waals surface area (Å²) < 4.78 is 10.2. The Bertz CT molecular complexity index is 569. The number of benzene rings is 1. The minimum absolute atomic E-state index is 0.0527. The molecule has 2 rings (SSSR count). The first kappa shape index (κ1) is 13.7. The lowest BCUT2D eigenvalue weighted by Gasteiger charge is -2.12. The molecule has 20 heavy (non-hydrogen) atoms. The highest BCUT2D eigenvalue weighted by Gasteiger charge is 2.24. The normalized spacial score (nSPS) is 13.6. The minimum Gasteiger partial charge on any atom is -0.481 e. The van der Waals surface area contributed by atoms with E-state index in [2.05, 4.69) is 5.32 Å². The Kier molecular flexibility index (Phi) is 3.74. The van der Waals surface area contributed by atoms with Crippen LogP contribution in [-0.2, 0) is 9.59 Å². The summed E-state index contributed by atoms with van der Waals surface area (Å²) in [7, 11) is 0. The molecule has 0 aliphatic carbocycles. The van der Waals surface area contributed by atoms with Crippen molar-refractivity contribution < 1.29 is 34.1 Å². The highest BCUT2D eigenvalue weighted by molar-refractivity contribution is 5.97. The maximum absolute atomic E-state index is 11.9. The van der Waals surface area contributed by atoms with Gasteiger partial charge in [0.25, 0.3) is 5.91 Å². The quantitative estimate of drug-likeness (QED) is 0.698. The van der Waals surface area contributed by atoms with Crippen molar-refractivity contribution in [3.8, 4) is 11.5 Å². The number of carbonyl (C=O) groups is 3. The Hall–Kier alpha value is -2.77. The smallest absolute Gasteiger partial charge is 0.326 e. The summed E-state index contributed by atoms with van der Waals surface area (Å²) in [5.74, 6) is -2.56. The van der Waals surface area contributed by atoms with E-state index in [9.17, 15) is 14.4 Å². The van der Waals surface area contributed by atoms with Crippen LogP contribution in [-0.4, -0.2) is 40.9 Å². The summed E-state index contributed by atoms with van der Waals surface area (Å²) >= 11 is 0. The summed E-state index contributed by atoms with van der Waals surface area (Å²) in [6, 6.07) is 2.86. The Morgan fingerprint density at radius 1 is 1.20 bits per heavy atom. The molecule has 1 aliphatic heterocycles. The number of aliphatic carboxylic acids is 2. The van der Waals surface area contributed by atoms with Crippen molar-refractivity contribution in [3.05, 3.63) is 23.8 Å². The third-order valence-corrected chi connectivity index (χ3v) is 2.62. The van der Waals surface area contributed by atoms with Crippen molar-refractivity contribution in [2.75, 3.05) is 6.79 Å². The number of carboxylic acids is 2. The van der Waals surface area contributed by atoms with Gasteiger partial charge in [0.1, 0.15) is 6.04 Å². The lowest BCUT2D eigenvalue weighted by Crippen LogP contribution is -2.42. The SMILES string of the molecule is O=C(O)C[C@@H](NC(=O)c1ccc2c(c1)OCO2)C(=O)O. The van der Waals surface area contributed by atoms with Crippen molar-refractivity contribution in [2.45, 2.75) is 12.5 Å². The van der Waals surface area contributed by atoms with Crippen molar-refractivity contribution in [1.29, 1.82) is 0 Å². The first-order chi connectivity index (χ1) is 9.47. The van der Waals surface area contributed by atoms with Gasteiger partial charge in [-0.05, 0) is 18.2 Å². The zero-order chi connectivity index (χ0) is 14.7.